The van der Waals surface area contributed by atoms with E-state index < -0.39 is 0 Å². The van der Waals surface area contributed by atoms with Crippen LogP contribution >= 0.6 is 0 Å². The van der Waals surface area contributed by atoms with Gasteiger partial charge >= 0.3 is 0 Å². The van der Waals surface area contributed by atoms with Crippen LogP contribution in [0.3, 0.4) is 0 Å². The topological polar surface area (TPSA) is 82.1 Å². The van der Waals surface area contributed by atoms with Crippen LogP contribution < -0.4 is 5.43 Å². The molecule has 0 radical (unpaired) electrons. The van der Waals surface area contributed by atoms with Gasteiger partial charge in [-0.2, -0.15) is 5.10 Å². The number of hydrazone groups is 1. The van der Waals surface area contributed by atoms with Gasteiger partial charge in [0, 0.05) is 45.4 Å². The second-order valence-electron chi connectivity index (χ2n) is 6.36. The van der Waals surface area contributed by atoms with Gasteiger partial charge in [-0.25, -0.2) is 9.82 Å². The zero-order valence-corrected chi connectivity index (χ0v) is 14.4. The van der Waals surface area contributed by atoms with Gasteiger partial charge in [0.1, 0.15) is 11.5 Å². The Kier molecular flexibility index (Phi) is 5.60. The maximum absolute atomic E-state index is 13.6. The molecule has 0 aromatic heterocycles. The lowest BCUT2D eigenvalue weighted by Crippen LogP contribution is -2.52. The Morgan fingerprint density at radius 3 is 2.42 bits per heavy atom. The molecule has 1 N–H and O–H groups in total. The number of benzene rings is 1. The lowest BCUT2D eigenvalue weighted by Gasteiger charge is -2.35. The van der Waals surface area contributed by atoms with E-state index in [1.165, 1.54) is 6.07 Å². The summed E-state index contributed by atoms with van der Waals surface area (Å²) >= 11 is 0. The van der Waals surface area contributed by atoms with Crippen molar-refractivity contribution in [2.75, 3.05) is 26.2 Å². The standard InChI is InChI=1S/C18H21FN4O3/c19-14-4-2-1-3-13(14)5-8-17(25)22-9-11-23(12-10-22)18(26)15-6-7-16(24)21-20-15/h1-4H,5-12H2,(H,21,24). The first kappa shape index (κ1) is 18.0. The predicted octanol–water partition coefficient (Wildman–Crippen LogP) is 0.695. The van der Waals surface area contributed by atoms with Crippen molar-refractivity contribution in [2.24, 2.45) is 5.10 Å². The molecular formula is C18H21FN4O3. The van der Waals surface area contributed by atoms with Crippen LogP contribution in [-0.4, -0.2) is 59.4 Å². The summed E-state index contributed by atoms with van der Waals surface area (Å²) in [5.41, 5.74) is 3.21. The summed E-state index contributed by atoms with van der Waals surface area (Å²) in [7, 11) is 0. The van der Waals surface area contributed by atoms with Crippen LogP contribution in [0.1, 0.15) is 24.8 Å². The summed E-state index contributed by atoms with van der Waals surface area (Å²) < 4.78 is 13.6. The number of halogens is 1. The Labute approximate surface area is 150 Å². The predicted molar refractivity (Wildman–Crippen MR) is 92.7 cm³/mol. The first-order valence-corrected chi connectivity index (χ1v) is 8.70. The Bertz CT molecular complexity index is 742. The fraction of sp³-hybridized carbons (Fsp3) is 0.444. The number of hydrogen-bond acceptors (Lipinski definition) is 4. The van der Waals surface area contributed by atoms with Crippen molar-refractivity contribution in [3.8, 4) is 0 Å². The van der Waals surface area contributed by atoms with E-state index >= 15 is 0 Å². The molecule has 3 amide bonds. The minimum Gasteiger partial charge on any atom is -0.339 e. The van der Waals surface area contributed by atoms with Crippen molar-refractivity contribution in [3.05, 3.63) is 35.6 Å². The quantitative estimate of drug-likeness (QED) is 0.858. The minimum absolute atomic E-state index is 0.0392. The molecule has 1 aromatic rings. The van der Waals surface area contributed by atoms with Gasteiger partial charge < -0.3 is 9.80 Å². The smallest absolute Gasteiger partial charge is 0.270 e. The number of aryl methyl sites for hydroxylation is 1. The van der Waals surface area contributed by atoms with Gasteiger partial charge in [-0.05, 0) is 18.1 Å². The number of carbonyl (C=O) groups excluding carboxylic acids is 3. The third-order valence-corrected chi connectivity index (χ3v) is 4.64. The van der Waals surface area contributed by atoms with Crippen LogP contribution in [0.4, 0.5) is 4.39 Å². The van der Waals surface area contributed by atoms with E-state index in [-0.39, 0.29) is 36.4 Å². The molecule has 2 aliphatic heterocycles. The highest BCUT2D eigenvalue weighted by molar-refractivity contribution is 6.39. The molecule has 0 saturated carbocycles. The van der Waals surface area contributed by atoms with Gasteiger partial charge in [-0.3, -0.25) is 14.4 Å². The zero-order valence-electron chi connectivity index (χ0n) is 14.4. The van der Waals surface area contributed by atoms with Crippen molar-refractivity contribution in [1.29, 1.82) is 0 Å². The summed E-state index contributed by atoms with van der Waals surface area (Å²) in [6.07, 6.45) is 1.21. The Morgan fingerprint density at radius 2 is 1.77 bits per heavy atom. The summed E-state index contributed by atoms with van der Waals surface area (Å²) in [4.78, 5) is 39.2. The van der Waals surface area contributed by atoms with Gasteiger partial charge in [0.2, 0.25) is 11.8 Å². The van der Waals surface area contributed by atoms with Gasteiger partial charge in [-0.15, -0.1) is 0 Å². The van der Waals surface area contributed by atoms with Crippen molar-refractivity contribution < 1.29 is 18.8 Å². The molecule has 0 unspecified atom stereocenters. The Balaban J connectivity index is 1.47. The minimum atomic E-state index is -0.295. The summed E-state index contributed by atoms with van der Waals surface area (Å²) in [6, 6.07) is 6.45. The van der Waals surface area contributed by atoms with Gasteiger partial charge in [0.25, 0.3) is 5.91 Å². The Hall–Kier alpha value is -2.77. The van der Waals surface area contributed by atoms with E-state index in [0.717, 1.165) is 0 Å². The molecule has 0 spiro atoms. The van der Waals surface area contributed by atoms with Crippen LogP contribution in [0.25, 0.3) is 0 Å². The van der Waals surface area contributed by atoms with E-state index in [1.807, 2.05) is 0 Å². The molecule has 3 rings (SSSR count). The third-order valence-electron chi connectivity index (χ3n) is 4.64. The average molecular weight is 360 g/mol. The van der Waals surface area contributed by atoms with Crippen molar-refractivity contribution in [1.82, 2.24) is 15.2 Å². The van der Waals surface area contributed by atoms with E-state index in [1.54, 1.807) is 28.0 Å². The second kappa shape index (κ2) is 8.07. The maximum atomic E-state index is 13.6. The fourth-order valence-electron chi connectivity index (χ4n) is 3.07. The lowest BCUT2D eigenvalue weighted by atomic mass is 10.1. The SMILES string of the molecule is O=C1CCC(C(=O)N2CCN(C(=O)CCc3ccccc3F)CC2)=NN1. The highest BCUT2D eigenvalue weighted by Gasteiger charge is 2.28. The molecule has 0 atom stereocenters. The van der Waals surface area contributed by atoms with Crippen LogP contribution in [0, 0.1) is 5.82 Å². The fourth-order valence-corrected chi connectivity index (χ4v) is 3.07. The van der Waals surface area contributed by atoms with Gasteiger partial charge in [0.05, 0.1) is 0 Å². The first-order chi connectivity index (χ1) is 12.5. The average Bonchev–Trinajstić information content (AvgIpc) is 2.67. The lowest BCUT2D eigenvalue weighted by molar-refractivity contribution is -0.136. The van der Waals surface area contributed by atoms with Gasteiger partial charge in [0.15, 0.2) is 0 Å². The molecule has 7 nitrogen and oxygen atoms in total. The van der Waals surface area contributed by atoms with E-state index in [2.05, 4.69) is 10.5 Å². The Morgan fingerprint density at radius 1 is 1.08 bits per heavy atom. The number of piperazine rings is 1. The number of amides is 3. The summed E-state index contributed by atoms with van der Waals surface area (Å²) in [5.74, 6) is -0.714. The zero-order chi connectivity index (χ0) is 18.5. The molecule has 1 aromatic carbocycles. The molecule has 2 heterocycles. The molecular weight excluding hydrogens is 339 g/mol. The molecule has 26 heavy (non-hydrogen) atoms. The molecule has 1 saturated heterocycles. The number of rotatable bonds is 4. The molecule has 1 fully saturated rings. The molecule has 8 heteroatoms. The number of nitrogens with one attached hydrogen (secondary N) is 1. The maximum Gasteiger partial charge on any atom is 0.270 e. The normalized spacial score (nSPS) is 17.6. The van der Waals surface area contributed by atoms with Crippen LogP contribution in [0.2, 0.25) is 0 Å². The summed E-state index contributed by atoms with van der Waals surface area (Å²) in [5, 5.41) is 3.82. The monoisotopic (exact) mass is 360 g/mol. The molecule has 0 aliphatic carbocycles. The first-order valence-electron chi connectivity index (χ1n) is 8.70. The molecule has 0 bridgehead atoms. The van der Waals surface area contributed by atoms with Gasteiger partial charge in [-0.1, -0.05) is 18.2 Å². The highest BCUT2D eigenvalue weighted by atomic mass is 19.1. The number of nitrogens with zero attached hydrogens (tertiary/aromatic N) is 3. The largest absolute Gasteiger partial charge is 0.339 e. The molecule has 2 aliphatic rings. The van der Waals surface area contributed by atoms with Crippen molar-refractivity contribution >= 4 is 23.4 Å². The van der Waals surface area contributed by atoms with Crippen LogP contribution in [0.15, 0.2) is 29.4 Å². The summed E-state index contributed by atoms with van der Waals surface area (Å²) in [6.45, 7) is 1.75. The van der Waals surface area contributed by atoms with Crippen LogP contribution in [-0.2, 0) is 20.8 Å². The number of carbonyl (C=O) groups is 3. The molecule has 138 valence electrons. The van der Waals surface area contributed by atoms with Crippen molar-refractivity contribution in [3.63, 3.8) is 0 Å². The second-order valence-corrected chi connectivity index (χ2v) is 6.36. The van der Waals surface area contributed by atoms with Crippen molar-refractivity contribution in [2.45, 2.75) is 25.7 Å². The third kappa shape index (κ3) is 4.25. The number of hydrogen-bond donors (Lipinski definition) is 1. The highest BCUT2D eigenvalue weighted by Crippen LogP contribution is 2.12. The van der Waals surface area contributed by atoms with E-state index in [0.29, 0.717) is 50.3 Å². The van der Waals surface area contributed by atoms with E-state index in [4.69, 9.17) is 0 Å². The van der Waals surface area contributed by atoms with E-state index in [9.17, 15) is 18.8 Å². The van der Waals surface area contributed by atoms with Crippen LogP contribution in [0.5, 0.6) is 0 Å².